The smallest absolute Gasteiger partial charge is 0.328 e. The Hall–Kier alpha value is -1.51. The molecule has 0 radical (unpaired) electrons. The van der Waals surface area contributed by atoms with Crippen LogP contribution < -0.4 is 14.3 Å². The third kappa shape index (κ3) is 4.23. The van der Waals surface area contributed by atoms with Crippen LogP contribution in [0.3, 0.4) is 0 Å². The molecule has 9 heteroatoms. The second kappa shape index (κ2) is 9.33. The second-order valence-electron chi connectivity index (χ2n) is 6.85. The summed E-state index contributed by atoms with van der Waals surface area (Å²) in [6.07, 6.45) is 1.94. The summed E-state index contributed by atoms with van der Waals surface area (Å²) < 4.78 is 29.5. The number of rotatable bonds is 4. The van der Waals surface area contributed by atoms with Gasteiger partial charge in [0.2, 0.25) is 0 Å². The van der Waals surface area contributed by atoms with Crippen molar-refractivity contribution in [2.45, 2.75) is 18.9 Å². The van der Waals surface area contributed by atoms with Gasteiger partial charge in [0.25, 0.3) is 0 Å². The molecule has 2 aromatic carbocycles. The minimum atomic E-state index is -3.64. The summed E-state index contributed by atoms with van der Waals surface area (Å²) in [4.78, 5) is 2.30. The van der Waals surface area contributed by atoms with E-state index in [2.05, 4.69) is 4.90 Å². The molecule has 2 heterocycles. The van der Waals surface area contributed by atoms with Gasteiger partial charge in [-0.15, -0.1) is 24.8 Å². The largest absolute Gasteiger partial charge is 0.331 e. The summed E-state index contributed by atoms with van der Waals surface area (Å²) in [7, 11) is -3.64. The Labute approximate surface area is 179 Å². The molecule has 0 spiro atoms. The lowest BCUT2D eigenvalue weighted by molar-refractivity contribution is 0.219. The predicted molar refractivity (Wildman–Crippen MR) is 119 cm³/mol. The number of likely N-dealkylation sites (tertiary alicyclic amines) is 1. The van der Waals surface area contributed by atoms with E-state index in [-0.39, 0.29) is 30.9 Å². The van der Waals surface area contributed by atoms with E-state index in [1.165, 1.54) is 8.61 Å². The first-order valence-corrected chi connectivity index (χ1v) is 10.4. The number of benzene rings is 2. The van der Waals surface area contributed by atoms with E-state index in [4.69, 9.17) is 5.73 Å². The van der Waals surface area contributed by atoms with E-state index < -0.39 is 10.2 Å². The third-order valence-corrected chi connectivity index (χ3v) is 6.93. The molecule has 28 heavy (non-hydrogen) atoms. The van der Waals surface area contributed by atoms with Crippen molar-refractivity contribution in [2.75, 3.05) is 34.8 Å². The molecule has 4 rings (SSSR count). The molecule has 0 aliphatic carbocycles. The first-order valence-electron chi connectivity index (χ1n) is 9.02. The molecule has 1 saturated heterocycles. The van der Waals surface area contributed by atoms with Crippen molar-refractivity contribution in [3.63, 3.8) is 0 Å². The normalized spacial score (nSPS) is 18.9. The van der Waals surface area contributed by atoms with Crippen molar-refractivity contribution in [3.05, 3.63) is 54.6 Å². The summed E-state index contributed by atoms with van der Waals surface area (Å²) >= 11 is 0. The summed E-state index contributed by atoms with van der Waals surface area (Å²) in [5.41, 5.74) is 8.07. The van der Waals surface area contributed by atoms with Gasteiger partial charge in [-0.05, 0) is 50.2 Å². The topological polar surface area (TPSA) is 69.9 Å². The number of para-hydroxylation sites is 3. The van der Waals surface area contributed by atoms with Gasteiger partial charge in [0.1, 0.15) is 0 Å². The van der Waals surface area contributed by atoms with E-state index in [0.29, 0.717) is 24.5 Å². The quantitative estimate of drug-likeness (QED) is 0.785. The number of nitrogens with zero attached hydrogens (tertiary/aromatic N) is 3. The van der Waals surface area contributed by atoms with E-state index in [0.717, 1.165) is 31.6 Å². The summed E-state index contributed by atoms with van der Waals surface area (Å²) in [6, 6.07) is 17.0. The van der Waals surface area contributed by atoms with Crippen LogP contribution in [0.1, 0.15) is 12.8 Å². The fourth-order valence-corrected chi connectivity index (χ4v) is 5.38. The van der Waals surface area contributed by atoms with E-state index in [1.807, 2.05) is 54.6 Å². The number of piperidine rings is 1. The van der Waals surface area contributed by atoms with Crippen LogP contribution in [0.5, 0.6) is 0 Å². The number of hydrogen-bond donors (Lipinski definition) is 1. The minimum absolute atomic E-state index is 0. The predicted octanol–water partition coefficient (Wildman–Crippen LogP) is 3.16. The highest BCUT2D eigenvalue weighted by Gasteiger charge is 2.41. The third-order valence-electron chi connectivity index (χ3n) is 5.12. The maximum atomic E-state index is 13.3. The monoisotopic (exact) mass is 444 g/mol. The molecular formula is C19H26Cl2N4O2S. The zero-order chi connectivity index (χ0) is 18.1. The number of halogens is 2. The maximum Gasteiger partial charge on any atom is 0.331 e. The van der Waals surface area contributed by atoms with Crippen molar-refractivity contribution < 1.29 is 8.42 Å². The second-order valence-corrected chi connectivity index (χ2v) is 8.55. The maximum absolute atomic E-state index is 13.3. The lowest BCUT2D eigenvalue weighted by Gasteiger charge is -2.31. The van der Waals surface area contributed by atoms with Crippen LogP contribution in [0, 0.1) is 0 Å². The minimum Gasteiger partial charge on any atom is -0.328 e. The van der Waals surface area contributed by atoms with E-state index in [9.17, 15) is 8.42 Å². The molecule has 0 unspecified atom stereocenters. The average Bonchev–Trinajstić information content (AvgIpc) is 2.88. The fraction of sp³-hybridized carbons (Fsp3) is 0.368. The molecule has 2 aromatic rings. The van der Waals surface area contributed by atoms with Gasteiger partial charge < -0.3 is 10.6 Å². The number of fused-ring (bicyclic) bond motifs is 1. The highest BCUT2D eigenvalue weighted by molar-refractivity contribution is 7.95. The van der Waals surface area contributed by atoms with Crippen molar-refractivity contribution in [1.82, 2.24) is 4.90 Å². The van der Waals surface area contributed by atoms with Crippen LogP contribution in [-0.2, 0) is 10.2 Å². The van der Waals surface area contributed by atoms with Gasteiger partial charge in [0.15, 0.2) is 0 Å². The van der Waals surface area contributed by atoms with Gasteiger partial charge in [-0.3, -0.25) is 0 Å². The van der Waals surface area contributed by atoms with Gasteiger partial charge >= 0.3 is 10.2 Å². The molecule has 2 N–H and O–H groups in total. The molecule has 0 amide bonds. The van der Waals surface area contributed by atoms with Crippen LogP contribution in [-0.4, -0.2) is 45.5 Å². The van der Waals surface area contributed by atoms with Gasteiger partial charge in [-0.25, -0.2) is 8.61 Å². The van der Waals surface area contributed by atoms with Gasteiger partial charge in [-0.1, -0.05) is 30.3 Å². The van der Waals surface area contributed by atoms with Crippen LogP contribution in [0.15, 0.2) is 54.6 Å². The Kier molecular flexibility index (Phi) is 7.59. The average molecular weight is 445 g/mol. The Morgan fingerprint density at radius 3 is 2.07 bits per heavy atom. The Bertz CT molecular complexity index is 875. The summed E-state index contributed by atoms with van der Waals surface area (Å²) in [6.45, 7) is 3.01. The van der Waals surface area contributed by atoms with Crippen LogP contribution in [0.2, 0.25) is 0 Å². The number of nitrogens with two attached hydrogens (primary N) is 1. The Morgan fingerprint density at radius 1 is 0.857 bits per heavy atom. The summed E-state index contributed by atoms with van der Waals surface area (Å²) in [5.74, 6) is 0. The molecular weight excluding hydrogens is 419 g/mol. The lowest BCUT2D eigenvalue weighted by Crippen LogP contribution is -2.44. The Morgan fingerprint density at radius 2 is 1.43 bits per heavy atom. The first kappa shape index (κ1) is 22.8. The number of hydrogen-bond acceptors (Lipinski definition) is 4. The van der Waals surface area contributed by atoms with Crippen LogP contribution in [0.4, 0.5) is 17.1 Å². The zero-order valence-corrected chi connectivity index (χ0v) is 17.9. The van der Waals surface area contributed by atoms with E-state index in [1.54, 1.807) is 0 Å². The highest BCUT2D eigenvalue weighted by atomic mass is 35.5. The molecule has 0 aromatic heterocycles. The highest BCUT2D eigenvalue weighted by Crippen LogP contribution is 2.44. The fourth-order valence-electron chi connectivity index (χ4n) is 3.67. The molecule has 1 fully saturated rings. The molecule has 154 valence electrons. The SMILES string of the molecule is Cl.Cl.NC1CCN(CCN2c3ccccc3N(c3ccccc3)S2(=O)=O)CC1. The molecule has 0 bridgehead atoms. The first-order chi connectivity index (χ1) is 12.6. The van der Waals surface area contributed by atoms with Gasteiger partial charge in [0, 0.05) is 19.1 Å². The molecule has 0 saturated carbocycles. The van der Waals surface area contributed by atoms with Crippen molar-refractivity contribution in [2.24, 2.45) is 5.73 Å². The van der Waals surface area contributed by atoms with Gasteiger partial charge in [-0.2, -0.15) is 8.42 Å². The molecule has 2 aliphatic heterocycles. The molecule has 0 atom stereocenters. The number of anilines is 3. The standard InChI is InChI=1S/C19H24N4O2S.2ClH/c20-16-10-12-21(13-11-16)14-15-22-18-8-4-5-9-19(18)23(26(22,24)25)17-6-2-1-3-7-17;;/h1-9,16H,10-15,20H2;2*1H. The van der Waals surface area contributed by atoms with Crippen LogP contribution in [0.25, 0.3) is 0 Å². The lowest BCUT2D eigenvalue weighted by atomic mass is 10.1. The van der Waals surface area contributed by atoms with Gasteiger partial charge in [0.05, 0.1) is 17.1 Å². The van der Waals surface area contributed by atoms with Crippen molar-refractivity contribution >= 4 is 52.1 Å². The Balaban J connectivity index is 0.00000140. The van der Waals surface area contributed by atoms with Crippen molar-refractivity contribution in [1.29, 1.82) is 0 Å². The molecule has 2 aliphatic rings. The van der Waals surface area contributed by atoms with Crippen molar-refractivity contribution in [3.8, 4) is 0 Å². The van der Waals surface area contributed by atoms with E-state index >= 15 is 0 Å². The van der Waals surface area contributed by atoms with Crippen LogP contribution >= 0.6 is 24.8 Å². The molecule has 6 nitrogen and oxygen atoms in total. The zero-order valence-electron chi connectivity index (χ0n) is 15.5. The summed E-state index contributed by atoms with van der Waals surface area (Å²) in [5, 5.41) is 0.